The molecule has 0 saturated carbocycles. The summed E-state index contributed by atoms with van der Waals surface area (Å²) in [7, 11) is -4.22. The number of para-hydroxylation sites is 1. The molecule has 0 heterocycles. The van der Waals surface area contributed by atoms with Crippen LogP contribution in [0.3, 0.4) is 0 Å². The average Bonchev–Trinajstić information content (AvgIpc) is 2.67. The van der Waals surface area contributed by atoms with E-state index >= 15 is 0 Å². The van der Waals surface area contributed by atoms with E-state index in [0.717, 1.165) is 6.42 Å². The van der Waals surface area contributed by atoms with Crippen molar-refractivity contribution in [3.8, 4) is 11.5 Å². The van der Waals surface area contributed by atoms with Gasteiger partial charge in [-0.1, -0.05) is 38.0 Å². The summed E-state index contributed by atoms with van der Waals surface area (Å²) in [6.45, 7) is 3.32. The van der Waals surface area contributed by atoms with E-state index in [0.29, 0.717) is 6.42 Å². The first-order valence-electron chi connectivity index (χ1n) is 8.99. The molecule has 0 aliphatic rings. The Bertz CT molecular complexity index is 889. The molecule has 0 saturated heterocycles. The molecule has 10 heteroatoms. The van der Waals surface area contributed by atoms with Gasteiger partial charge in [-0.05, 0) is 37.6 Å². The third-order valence-corrected chi connectivity index (χ3v) is 5.80. The van der Waals surface area contributed by atoms with Gasteiger partial charge in [0.25, 0.3) is 5.69 Å². The van der Waals surface area contributed by atoms with Gasteiger partial charge in [-0.25, -0.2) is 4.57 Å². The number of hydrogen-bond acceptors (Lipinski definition) is 6. The summed E-state index contributed by atoms with van der Waals surface area (Å²) in [6, 6.07) is 13.1. The maximum atomic E-state index is 13.5. The van der Waals surface area contributed by atoms with Gasteiger partial charge in [0.1, 0.15) is 17.0 Å². The van der Waals surface area contributed by atoms with Gasteiger partial charge in [-0.15, -0.1) is 0 Å². The van der Waals surface area contributed by atoms with Crippen molar-refractivity contribution in [2.45, 2.75) is 38.6 Å². The molecular weight excluding hydrogens is 399 g/mol. The summed E-state index contributed by atoms with van der Waals surface area (Å²) < 4.78 is 24.5. The molecule has 2 N–H and O–H groups in total. The minimum Gasteiger partial charge on any atom is -0.480 e. The molecule has 156 valence electrons. The van der Waals surface area contributed by atoms with Crippen LogP contribution in [0, 0.1) is 10.1 Å². The van der Waals surface area contributed by atoms with Crippen molar-refractivity contribution in [1.29, 1.82) is 0 Å². The van der Waals surface area contributed by atoms with Crippen LogP contribution in [0.25, 0.3) is 0 Å². The fourth-order valence-corrected chi connectivity index (χ4v) is 4.23. The van der Waals surface area contributed by atoms with Crippen LogP contribution in [-0.2, 0) is 9.36 Å². The zero-order valence-electron chi connectivity index (χ0n) is 16.1. The van der Waals surface area contributed by atoms with E-state index in [1.165, 1.54) is 31.2 Å². The van der Waals surface area contributed by atoms with Crippen molar-refractivity contribution in [3.63, 3.8) is 0 Å². The van der Waals surface area contributed by atoms with Crippen molar-refractivity contribution in [2.75, 3.05) is 0 Å². The number of unbranched alkanes of at least 4 members (excludes halogenated alkanes) is 1. The molecule has 0 bridgehead atoms. The van der Waals surface area contributed by atoms with Crippen LogP contribution in [0.2, 0.25) is 0 Å². The molecule has 0 fully saturated rings. The van der Waals surface area contributed by atoms with Gasteiger partial charge in [-0.3, -0.25) is 14.9 Å². The zero-order valence-corrected chi connectivity index (χ0v) is 17.0. The molecule has 29 heavy (non-hydrogen) atoms. The van der Waals surface area contributed by atoms with Crippen LogP contribution in [0.1, 0.15) is 33.1 Å². The molecule has 9 nitrogen and oxygen atoms in total. The average molecular weight is 422 g/mol. The quantitative estimate of drug-likeness (QED) is 0.301. The predicted molar refractivity (Wildman–Crippen MR) is 107 cm³/mol. The first-order valence-corrected chi connectivity index (χ1v) is 10.5. The third kappa shape index (κ3) is 6.30. The molecule has 0 aromatic heterocycles. The molecule has 2 aromatic rings. The molecule has 2 rings (SSSR count). The van der Waals surface area contributed by atoms with Gasteiger partial charge in [-0.2, -0.15) is 5.09 Å². The monoisotopic (exact) mass is 422 g/mol. The van der Waals surface area contributed by atoms with E-state index in [1.54, 1.807) is 30.3 Å². The Kier molecular flexibility index (Phi) is 7.36. The Labute approximate surface area is 168 Å². The number of carbonyl (C=O) groups is 1. The van der Waals surface area contributed by atoms with Gasteiger partial charge in [0.15, 0.2) is 0 Å². The third-order valence-electron chi connectivity index (χ3n) is 4.13. The Morgan fingerprint density at radius 2 is 1.69 bits per heavy atom. The van der Waals surface area contributed by atoms with Crippen molar-refractivity contribution in [2.24, 2.45) is 0 Å². The van der Waals surface area contributed by atoms with Gasteiger partial charge in [0.2, 0.25) is 0 Å². The number of nitro groups is 1. The maximum Gasteiger partial charge on any atom is 0.513 e. The number of benzene rings is 2. The Morgan fingerprint density at radius 3 is 2.17 bits per heavy atom. The summed E-state index contributed by atoms with van der Waals surface area (Å²) in [4.78, 5) is 22.1. The van der Waals surface area contributed by atoms with Crippen LogP contribution in [0.4, 0.5) is 5.69 Å². The van der Waals surface area contributed by atoms with Crippen LogP contribution < -0.4 is 14.1 Å². The largest absolute Gasteiger partial charge is 0.513 e. The normalized spacial score (nSPS) is 15.0. The SMILES string of the molecule is CCCC[C@@](C)(NP(=O)(Oc1ccccc1)Oc1ccc([N+](=O)[O-])cc1)C(=O)O. The lowest BCUT2D eigenvalue weighted by molar-refractivity contribution is -0.384. The molecule has 0 amide bonds. The number of rotatable bonds is 11. The van der Waals surface area contributed by atoms with Crippen LogP contribution >= 0.6 is 7.75 Å². The first-order chi connectivity index (χ1) is 13.7. The van der Waals surface area contributed by atoms with Crippen LogP contribution in [0.5, 0.6) is 11.5 Å². The van der Waals surface area contributed by atoms with Crippen molar-refractivity contribution in [3.05, 3.63) is 64.7 Å². The minimum absolute atomic E-state index is 0.0330. The topological polar surface area (TPSA) is 128 Å². The summed E-state index contributed by atoms with van der Waals surface area (Å²) >= 11 is 0. The highest BCUT2D eigenvalue weighted by Crippen LogP contribution is 2.47. The number of hydrogen-bond donors (Lipinski definition) is 2. The molecule has 0 aliphatic carbocycles. The van der Waals surface area contributed by atoms with E-state index < -0.39 is 24.2 Å². The molecule has 2 aromatic carbocycles. The number of nitrogens with one attached hydrogen (secondary N) is 1. The summed E-state index contributed by atoms with van der Waals surface area (Å²) in [5.41, 5.74) is -1.73. The van der Waals surface area contributed by atoms with E-state index in [9.17, 15) is 24.6 Å². The smallest absolute Gasteiger partial charge is 0.480 e. The summed E-state index contributed by atoms with van der Waals surface area (Å²) in [5, 5.41) is 23.0. The predicted octanol–water partition coefficient (Wildman–Crippen LogP) is 4.78. The number of nitrogens with zero attached hydrogens (tertiary/aromatic N) is 1. The highest BCUT2D eigenvalue weighted by atomic mass is 31.2. The zero-order chi connectivity index (χ0) is 21.5. The van der Waals surface area contributed by atoms with Gasteiger partial charge in [0.05, 0.1) is 4.92 Å². The summed E-state index contributed by atoms with van der Waals surface area (Å²) in [6.07, 6.45) is 1.53. The summed E-state index contributed by atoms with van der Waals surface area (Å²) in [5.74, 6) is -0.950. The number of aliphatic carboxylic acids is 1. The minimum atomic E-state index is -4.22. The molecule has 2 atom stereocenters. The lowest BCUT2D eigenvalue weighted by Gasteiger charge is -2.30. The number of carboxylic acid groups (broad SMARTS) is 1. The number of nitro benzene ring substituents is 1. The van der Waals surface area contributed by atoms with Gasteiger partial charge in [0, 0.05) is 12.1 Å². The lowest BCUT2D eigenvalue weighted by Crippen LogP contribution is -2.49. The van der Waals surface area contributed by atoms with E-state index in [4.69, 9.17) is 9.05 Å². The molecule has 1 unspecified atom stereocenters. The van der Waals surface area contributed by atoms with E-state index in [1.807, 2.05) is 6.92 Å². The second-order valence-electron chi connectivity index (χ2n) is 6.60. The lowest BCUT2D eigenvalue weighted by atomic mass is 9.97. The van der Waals surface area contributed by atoms with Crippen LogP contribution in [0.15, 0.2) is 54.6 Å². The molecule has 0 spiro atoms. The maximum absolute atomic E-state index is 13.5. The molecule has 0 radical (unpaired) electrons. The standard InChI is InChI=1S/C19H23N2O7P/c1-3-4-14-19(2,18(22)23)20-29(26,27-16-8-6-5-7-9-16)28-17-12-10-15(11-13-17)21(24)25/h5-13H,3-4,14H2,1-2H3,(H,20,26)(H,22,23)/t19-,29?/m1/s1. The fourth-order valence-electron chi connectivity index (χ4n) is 2.50. The van der Waals surface area contributed by atoms with Gasteiger partial charge >= 0.3 is 13.7 Å². The Hall–Kier alpha value is -2.90. The van der Waals surface area contributed by atoms with Gasteiger partial charge < -0.3 is 14.2 Å². The van der Waals surface area contributed by atoms with Crippen molar-refractivity contribution in [1.82, 2.24) is 5.09 Å². The van der Waals surface area contributed by atoms with Crippen molar-refractivity contribution >= 4 is 19.4 Å². The number of non-ortho nitro benzene ring substituents is 1. The Balaban J connectivity index is 2.35. The van der Waals surface area contributed by atoms with Crippen LogP contribution in [-0.4, -0.2) is 21.5 Å². The van der Waals surface area contributed by atoms with E-state index in [2.05, 4.69) is 5.09 Å². The molecular formula is C19H23N2O7P. The highest BCUT2D eigenvalue weighted by molar-refractivity contribution is 7.52. The Morgan fingerprint density at radius 1 is 1.14 bits per heavy atom. The molecule has 0 aliphatic heterocycles. The second-order valence-corrected chi connectivity index (χ2v) is 8.18. The first kappa shape index (κ1) is 22.4. The fraction of sp³-hybridized carbons (Fsp3) is 0.316. The van der Waals surface area contributed by atoms with E-state index in [-0.39, 0.29) is 23.6 Å². The highest BCUT2D eigenvalue weighted by Gasteiger charge is 2.43. The second kappa shape index (κ2) is 9.54. The van der Waals surface area contributed by atoms with Crippen molar-refractivity contribution < 1.29 is 28.4 Å². The number of carboxylic acids is 1.